The maximum absolute atomic E-state index is 11.1. The van der Waals surface area contributed by atoms with Crippen molar-refractivity contribution in [3.8, 4) is 5.75 Å². The van der Waals surface area contributed by atoms with Crippen LogP contribution in [-0.2, 0) is 4.79 Å². The molecule has 80 valence electrons. The van der Waals surface area contributed by atoms with Gasteiger partial charge in [0.1, 0.15) is 5.75 Å². The van der Waals surface area contributed by atoms with Crippen molar-refractivity contribution in [1.29, 1.82) is 0 Å². The minimum absolute atomic E-state index is 0.0265. The molecule has 1 aromatic carbocycles. The first-order chi connectivity index (χ1) is 7.17. The highest BCUT2D eigenvalue weighted by molar-refractivity contribution is 5.87. The molecule has 0 aliphatic heterocycles. The van der Waals surface area contributed by atoms with Crippen LogP contribution in [0.15, 0.2) is 36.9 Å². The van der Waals surface area contributed by atoms with Crippen molar-refractivity contribution < 1.29 is 9.53 Å². The van der Waals surface area contributed by atoms with Gasteiger partial charge in [0.25, 0.3) is 0 Å². The van der Waals surface area contributed by atoms with Crippen LogP contribution >= 0.6 is 0 Å². The fourth-order valence-corrected chi connectivity index (χ4v) is 1.25. The average Bonchev–Trinajstić information content (AvgIpc) is 2.29. The number of carbonyl (C=O) groups is 1. The van der Waals surface area contributed by atoms with Crippen LogP contribution in [0.25, 0.3) is 0 Å². The number of carbonyl (C=O) groups excluding carboxylic acids is 1. The highest BCUT2D eigenvalue weighted by atomic mass is 16.5. The zero-order valence-electron chi connectivity index (χ0n) is 8.99. The molecule has 0 bridgehead atoms. The topological polar surface area (TPSA) is 38.3 Å². The number of ether oxygens (including phenoxy) is 1. The molecule has 1 unspecified atom stereocenters. The van der Waals surface area contributed by atoms with Gasteiger partial charge in [0.2, 0.25) is 5.91 Å². The summed E-state index contributed by atoms with van der Waals surface area (Å²) in [4.78, 5) is 11.1. The maximum Gasteiger partial charge on any atom is 0.243 e. The fourth-order valence-electron chi connectivity index (χ4n) is 1.25. The number of nitrogens with one attached hydrogen (secondary N) is 1. The van der Waals surface area contributed by atoms with Crippen LogP contribution in [0, 0.1) is 0 Å². The normalized spacial score (nSPS) is 11.6. The summed E-state index contributed by atoms with van der Waals surface area (Å²) in [6.45, 7) is 5.32. The van der Waals surface area contributed by atoms with E-state index < -0.39 is 0 Å². The molecule has 0 fully saturated rings. The summed E-state index contributed by atoms with van der Waals surface area (Å²) in [6.07, 6.45) is 1.26. The molecule has 3 heteroatoms. The standard InChI is InChI=1S/C12H15NO2/c1-4-12(14)13-9(2)10-5-7-11(15-3)8-6-10/h4-9H,1H2,2-3H3,(H,13,14). The van der Waals surface area contributed by atoms with Crippen LogP contribution in [0.3, 0.4) is 0 Å². The van der Waals surface area contributed by atoms with Crippen molar-refractivity contribution in [2.75, 3.05) is 7.11 Å². The Balaban J connectivity index is 2.69. The van der Waals surface area contributed by atoms with Gasteiger partial charge in [-0.1, -0.05) is 18.7 Å². The van der Waals surface area contributed by atoms with Gasteiger partial charge in [-0.05, 0) is 30.7 Å². The van der Waals surface area contributed by atoms with Gasteiger partial charge in [-0.3, -0.25) is 4.79 Å². The third-order valence-electron chi connectivity index (χ3n) is 2.16. The molecule has 0 heterocycles. The zero-order chi connectivity index (χ0) is 11.3. The highest BCUT2D eigenvalue weighted by Crippen LogP contribution is 2.16. The Morgan fingerprint density at radius 3 is 2.53 bits per heavy atom. The van der Waals surface area contributed by atoms with Crippen LogP contribution in [0.4, 0.5) is 0 Å². The predicted octanol–water partition coefficient (Wildman–Crippen LogP) is 2.06. The third kappa shape index (κ3) is 3.13. The molecule has 1 N–H and O–H groups in total. The number of rotatable bonds is 4. The quantitative estimate of drug-likeness (QED) is 0.764. The number of methoxy groups -OCH3 is 1. The van der Waals surface area contributed by atoms with Crippen LogP contribution in [0.1, 0.15) is 18.5 Å². The minimum atomic E-state index is -0.168. The van der Waals surface area contributed by atoms with E-state index >= 15 is 0 Å². The molecular weight excluding hydrogens is 190 g/mol. The molecule has 0 aromatic heterocycles. The Labute approximate surface area is 89.8 Å². The summed E-state index contributed by atoms with van der Waals surface area (Å²) in [6, 6.07) is 7.55. The van der Waals surface area contributed by atoms with Gasteiger partial charge in [0, 0.05) is 0 Å². The van der Waals surface area contributed by atoms with Gasteiger partial charge in [0.15, 0.2) is 0 Å². The first-order valence-electron chi connectivity index (χ1n) is 4.74. The molecule has 0 aliphatic rings. The Hall–Kier alpha value is -1.77. The predicted molar refractivity (Wildman–Crippen MR) is 59.7 cm³/mol. The first kappa shape index (κ1) is 11.3. The second kappa shape index (κ2) is 5.20. The van der Waals surface area contributed by atoms with Gasteiger partial charge >= 0.3 is 0 Å². The van der Waals surface area contributed by atoms with Crippen molar-refractivity contribution in [3.63, 3.8) is 0 Å². The molecule has 0 saturated carbocycles. The van der Waals surface area contributed by atoms with E-state index in [-0.39, 0.29) is 11.9 Å². The third-order valence-corrected chi connectivity index (χ3v) is 2.16. The summed E-state index contributed by atoms with van der Waals surface area (Å²) in [5.74, 6) is 0.638. The van der Waals surface area contributed by atoms with E-state index in [1.807, 2.05) is 31.2 Å². The SMILES string of the molecule is C=CC(=O)NC(C)c1ccc(OC)cc1. The Morgan fingerprint density at radius 2 is 2.07 bits per heavy atom. The van der Waals surface area contributed by atoms with E-state index in [0.717, 1.165) is 11.3 Å². The number of benzene rings is 1. The van der Waals surface area contributed by atoms with E-state index in [0.29, 0.717) is 0 Å². The summed E-state index contributed by atoms with van der Waals surface area (Å²) in [5.41, 5.74) is 1.03. The van der Waals surface area contributed by atoms with Gasteiger partial charge in [-0.15, -0.1) is 0 Å². The lowest BCUT2D eigenvalue weighted by molar-refractivity contribution is -0.117. The number of hydrogen-bond donors (Lipinski definition) is 1. The molecule has 0 saturated heterocycles. The van der Waals surface area contributed by atoms with Crippen LogP contribution in [-0.4, -0.2) is 13.0 Å². The second-order valence-corrected chi connectivity index (χ2v) is 3.21. The van der Waals surface area contributed by atoms with Gasteiger partial charge in [-0.2, -0.15) is 0 Å². The lowest BCUT2D eigenvalue weighted by Gasteiger charge is -2.13. The molecular formula is C12H15NO2. The van der Waals surface area contributed by atoms with Crippen LogP contribution in [0.5, 0.6) is 5.75 Å². The van der Waals surface area contributed by atoms with E-state index in [4.69, 9.17) is 4.74 Å². The van der Waals surface area contributed by atoms with E-state index in [2.05, 4.69) is 11.9 Å². The maximum atomic E-state index is 11.1. The Bertz CT molecular complexity index is 343. The molecule has 0 aliphatic carbocycles. The average molecular weight is 205 g/mol. The lowest BCUT2D eigenvalue weighted by Crippen LogP contribution is -2.24. The molecule has 15 heavy (non-hydrogen) atoms. The monoisotopic (exact) mass is 205 g/mol. The summed E-state index contributed by atoms with van der Waals surface area (Å²) in [5, 5.41) is 2.79. The smallest absolute Gasteiger partial charge is 0.243 e. The minimum Gasteiger partial charge on any atom is -0.497 e. The molecule has 1 aromatic rings. The zero-order valence-corrected chi connectivity index (χ0v) is 8.99. The van der Waals surface area contributed by atoms with Gasteiger partial charge < -0.3 is 10.1 Å². The van der Waals surface area contributed by atoms with Crippen molar-refractivity contribution >= 4 is 5.91 Å². The first-order valence-corrected chi connectivity index (χ1v) is 4.74. The van der Waals surface area contributed by atoms with Crippen molar-refractivity contribution in [1.82, 2.24) is 5.32 Å². The van der Waals surface area contributed by atoms with Gasteiger partial charge in [0.05, 0.1) is 13.2 Å². The number of amides is 1. The lowest BCUT2D eigenvalue weighted by atomic mass is 10.1. The molecule has 1 atom stereocenters. The number of hydrogen-bond acceptors (Lipinski definition) is 2. The molecule has 0 radical (unpaired) electrons. The van der Waals surface area contributed by atoms with Crippen LogP contribution in [0.2, 0.25) is 0 Å². The summed E-state index contributed by atoms with van der Waals surface area (Å²) in [7, 11) is 1.62. The second-order valence-electron chi connectivity index (χ2n) is 3.21. The Morgan fingerprint density at radius 1 is 1.47 bits per heavy atom. The molecule has 1 amide bonds. The molecule has 3 nitrogen and oxygen atoms in total. The fraction of sp³-hybridized carbons (Fsp3) is 0.250. The van der Waals surface area contributed by atoms with E-state index in [1.165, 1.54) is 6.08 Å². The van der Waals surface area contributed by atoms with Gasteiger partial charge in [-0.25, -0.2) is 0 Å². The van der Waals surface area contributed by atoms with E-state index in [1.54, 1.807) is 7.11 Å². The summed E-state index contributed by atoms with van der Waals surface area (Å²) < 4.78 is 5.05. The van der Waals surface area contributed by atoms with Crippen molar-refractivity contribution in [2.24, 2.45) is 0 Å². The largest absolute Gasteiger partial charge is 0.497 e. The summed E-state index contributed by atoms with van der Waals surface area (Å²) >= 11 is 0. The molecule has 0 spiro atoms. The van der Waals surface area contributed by atoms with E-state index in [9.17, 15) is 4.79 Å². The highest BCUT2D eigenvalue weighted by Gasteiger charge is 2.06. The Kier molecular flexibility index (Phi) is 3.92. The van der Waals surface area contributed by atoms with Crippen molar-refractivity contribution in [2.45, 2.75) is 13.0 Å². The van der Waals surface area contributed by atoms with Crippen LogP contribution < -0.4 is 10.1 Å². The van der Waals surface area contributed by atoms with Crippen molar-refractivity contribution in [3.05, 3.63) is 42.5 Å². The molecule has 1 rings (SSSR count).